The van der Waals surface area contributed by atoms with Crippen molar-refractivity contribution < 1.29 is 23.2 Å². The van der Waals surface area contributed by atoms with Gasteiger partial charge in [-0.3, -0.25) is 0 Å². The zero-order valence-corrected chi connectivity index (χ0v) is 9.42. The minimum absolute atomic E-state index is 1.14. The number of hydrogen-bond acceptors (Lipinski definition) is 3. The van der Waals surface area contributed by atoms with Gasteiger partial charge >= 0.3 is 16.5 Å². The molecule has 0 saturated carbocycles. The third kappa shape index (κ3) is 18.6. The molecule has 0 amide bonds. The Morgan fingerprint density at radius 2 is 1.54 bits per heavy atom. The number of hydrogen-bond donors (Lipinski definition) is 2. The maximum atomic E-state index is 9.39. The highest BCUT2D eigenvalue weighted by molar-refractivity contribution is 7.46. The molecule has 0 aliphatic carbocycles. The Labute approximate surface area is 79.3 Å². The monoisotopic (exact) mass is 228 g/mol. The second kappa shape index (κ2) is 9.90. The van der Waals surface area contributed by atoms with Crippen molar-refractivity contribution in [1.29, 1.82) is 0 Å². The smallest absolute Gasteiger partial charge is 0.131 e. The molecule has 0 aromatic rings. The fourth-order valence-electron chi connectivity index (χ4n) is 0.310. The average Bonchev–Trinajstić information content (AvgIpc) is 2.01. The summed E-state index contributed by atoms with van der Waals surface area (Å²) in [5, 5.41) is 0. The fourth-order valence-corrected chi connectivity index (χ4v) is 0.788. The second-order valence-electron chi connectivity index (χ2n) is 2.01. The van der Waals surface area contributed by atoms with Crippen LogP contribution in [0.25, 0.3) is 0 Å². The van der Waals surface area contributed by atoms with Crippen LogP contribution in [0, 0.1) is 0 Å². The van der Waals surface area contributed by atoms with E-state index in [4.69, 9.17) is 9.79 Å². The summed E-state index contributed by atoms with van der Waals surface area (Å²) in [5.74, 6) is 0. The summed E-state index contributed by atoms with van der Waals surface area (Å²) in [6.07, 6.45) is 2.27. The average molecular weight is 228 g/mol. The van der Waals surface area contributed by atoms with Crippen LogP contribution in [0.4, 0.5) is 0 Å². The lowest BCUT2D eigenvalue weighted by Gasteiger charge is -1.89. The van der Waals surface area contributed by atoms with Crippen molar-refractivity contribution in [3.63, 3.8) is 0 Å². The molecule has 0 spiro atoms. The van der Waals surface area contributed by atoms with Crippen molar-refractivity contribution in [2.45, 2.75) is 26.7 Å². The van der Waals surface area contributed by atoms with Gasteiger partial charge in [-0.2, -0.15) is 0 Å². The first-order chi connectivity index (χ1) is 5.93. The number of allylic oxidation sites excluding steroid dienone is 1. The van der Waals surface area contributed by atoms with Crippen LogP contribution in [0.1, 0.15) is 26.7 Å². The highest BCUT2D eigenvalue weighted by Gasteiger charge is 2.31. The zero-order chi connectivity index (χ0) is 10.9. The summed E-state index contributed by atoms with van der Waals surface area (Å²) in [5.41, 5.74) is 1.34. The topological polar surface area (TPSA) is 83.8 Å². The van der Waals surface area contributed by atoms with Crippen LogP contribution in [0.3, 0.4) is 0 Å². The standard InChI is InChI=1S/C6H12.O5P2/c1-4-6(3)5-2;1-6(2)5-7(3)4/h3-5H2,1-2H3;/p+2. The van der Waals surface area contributed by atoms with Gasteiger partial charge in [0.2, 0.25) is 0 Å². The Morgan fingerprint density at radius 3 is 1.54 bits per heavy atom. The summed E-state index contributed by atoms with van der Waals surface area (Å²) in [7, 11) is -5.85. The summed E-state index contributed by atoms with van der Waals surface area (Å²) in [4.78, 5) is 15.3. The van der Waals surface area contributed by atoms with Crippen molar-refractivity contribution in [2.75, 3.05) is 0 Å². The van der Waals surface area contributed by atoms with E-state index in [1.165, 1.54) is 5.57 Å². The van der Waals surface area contributed by atoms with Crippen LogP contribution < -0.4 is 0 Å². The molecule has 0 aromatic carbocycles. The Balaban J connectivity index is 0. The lowest BCUT2D eigenvalue weighted by molar-refractivity contribution is 0.371. The molecule has 5 nitrogen and oxygen atoms in total. The summed E-state index contributed by atoms with van der Waals surface area (Å²) >= 11 is 0. The van der Waals surface area contributed by atoms with Crippen LogP contribution >= 0.6 is 16.5 Å². The lowest BCUT2D eigenvalue weighted by Crippen LogP contribution is -1.68. The Hall–Kier alpha value is -0.180. The fraction of sp³-hybridized carbons (Fsp3) is 0.667. The Bertz CT molecular complexity index is 173. The van der Waals surface area contributed by atoms with Crippen LogP contribution in [0.2, 0.25) is 0 Å². The zero-order valence-electron chi connectivity index (χ0n) is 7.63. The summed E-state index contributed by atoms with van der Waals surface area (Å²) < 4.78 is 22.2. The predicted octanol–water partition coefficient (Wildman–Crippen LogP) is 2.67. The lowest BCUT2D eigenvalue weighted by atomic mass is 10.2. The van der Waals surface area contributed by atoms with Gasteiger partial charge in [0.05, 0.1) is 0 Å². The van der Waals surface area contributed by atoms with Gasteiger partial charge in [0, 0.05) is 9.13 Å². The maximum absolute atomic E-state index is 9.39. The second-order valence-corrected chi connectivity index (χ2v) is 3.62. The van der Waals surface area contributed by atoms with E-state index >= 15 is 0 Å². The third-order valence-electron chi connectivity index (χ3n) is 1.14. The van der Waals surface area contributed by atoms with E-state index in [-0.39, 0.29) is 0 Å². The molecule has 0 bridgehead atoms. The van der Waals surface area contributed by atoms with E-state index in [0.29, 0.717) is 0 Å². The van der Waals surface area contributed by atoms with E-state index in [1.807, 2.05) is 0 Å². The molecule has 0 rings (SSSR count). The normalized spacial score (nSPS) is 11.1. The van der Waals surface area contributed by atoms with Crippen molar-refractivity contribution >= 4 is 16.5 Å². The van der Waals surface area contributed by atoms with E-state index in [2.05, 4.69) is 24.7 Å². The van der Waals surface area contributed by atoms with Gasteiger partial charge in [0.15, 0.2) is 4.31 Å². The first-order valence-electron chi connectivity index (χ1n) is 3.61. The molecule has 76 valence electrons. The molecule has 2 atom stereocenters. The molecule has 0 heterocycles. The van der Waals surface area contributed by atoms with Crippen molar-refractivity contribution in [3.05, 3.63) is 12.2 Å². The van der Waals surface area contributed by atoms with Crippen LogP contribution in [-0.2, 0) is 13.4 Å². The van der Waals surface area contributed by atoms with Gasteiger partial charge in [-0.1, -0.05) is 26.0 Å². The minimum Gasteiger partial charge on any atom is -0.131 e. The molecule has 13 heavy (non-hydrogen) atoms. The Morgan fingerprint density at radius 1 is 1.23 bits per heavy atom. The first kappa shape index (κ1) is 15.3. The molecule has 7 heteroatoms. The van der Waals surface area contributed by atoms with Gasteiger partial charge in [-0.15, -0.1) is 9.79 Å². The van der Waals surface area contributed by atoms with E-state index in [9.17, 15) is 9.13 Å². The van der Waals surface area contributed by atoms with Crippen molar-refractivity contribution in [3.8, 4) is 0 Å². The molecule has 0 aliphatic rings. The quantitative estimate of drug-likeness (QED) is 0.570. The SMILES string of the molecule is C=C(CC)CC.O=[P+](O)O[P+](=O)O. The van der Waals surface area contributed by atoms with Gasteiger partial charge in [-0.25, -0.2) is 0 Å². The molecule has 0 radical (unpaired) electrons. The Kier molecular flexibility index (Phi) is 11.7. The van der Waals surface area contributed by atoms with Gasteiger partial charge in [-0.05, 0) is 12.8 Å². The van der Waals surface area contributed by atoms with E-state index in [1.54, 1.807) is 0 Å². The van der Waals surface area contributed by atoms with Crippen LogP contribution in [0.5, 0.6) is 0 Å². The highest BCUT2D eigenvalue weighted by Crippen LogP contribution is 2.30. The van der Waals surface area contributed by atoms with Crippen molar-refractivity contribution in [2.24, 2.45) is 0 Å². The first-order valence-corrected chi connectivity index (χ1v) is 5.87. The molecule has 0 aliphatic heterocycles. The maximum Gasteiger partial charge on any atom is 0.745 e. The van der Waals surface area contributed by atoms with Crippen LogP contribution in [-0.4, -0.2) is 9.79 Å². The molecular formula is C6H14O5P2+2. The van der Waals surface area contributed by atoms with Gasteiger partial charge < -0.3 is 0 Å². The third-order valence-corrected chi connectivity index (χ3v) is 2.26. The van der Waals surface area contributed by atoms with E-state index in [0.717, 1.165) is 12.8 Å². The summed E-state index contributed by atoms with van der Waals surface area (Å²) in [6, 6.07) is 0. The molecule has 2 N–H and O–H groups in total. The largest absolute Gasteiger partial charge is 0.745 e. The molecule has 2 unspecified atom stereocenters. The molecule has 0 aromatic heterocycles. The van der Waals surface area contributed by atoms with Crippen molar-refractivity contribution in [1.82, 2.24) is 0 Å². The van der Waals surface area contributed by atoms with E-state index < -0.39 is 16.5 Å². The minimum atomic E-state index is -2.92. The van der Waals surface area contributed by atoms with Gasteiger partial charge in [0.25, 0.3) is 0 Å². The number of rotatable bonds is 4. The summed E-state index contributed by atoms with van der Waals surface area (Å²) in [6.45, 7) is 8.05. The molecular weight excluding hydrogens is 214 g/mol. The van der Waals surface area contributed by atoms with Crippen LogP contribution in [0.15, 0.2) is 12.2 Å². The van der Waals surface area contributed by atoms with Gasteiger partial charge in [0.1, 0.15) is 0 Å². The highest BCUT2D eigenvalue weighted by atomic mass is 31.2. The molecule has 0 saturated heterocycles. The molecule has 0 fully saturated rings. The predicted molar refractivity (Wildman–Crippen MR) is 50.5 cm³/mol.